The number of hydrogen-bond acceptors (Lipinski definition) is 5. The van der Waals surface area contributed by atoms with Crippen molar-refractivity contribution < 1.29 is 26.7 Å². The van der Waals surface area contributed by atoms with E-state index in [1.165, 1.54) is 38.6 Å². The van der Waals surface area contributed by atoms with E-state index in [1.807, 2.05) is 0 Å². The van der Waals surface area contributed by atoms with E-state index in [0.29, 0.717) is 6.07 Å². The Morgan fingerprint density at radius 3 is 2.57 bits per heavy atom. The number of carbonyl (C=O) groups excluding carboxylic acids is 1. The number of sulfonamides is 1. The van der Waals surface area contributed by atoms with Crippen LogP contribution in [0.1, 0.15) is 10.4 Å². The Bertz CT molecular complexity index is 1180. The van der Waals surface area contributed by atoms with Gasteiger partial charge in [0.2, 0.25) is 10.0 Å². The van der Waals surface area contributed by atoms with Crippen LogP contribution in [-0.2, 0) is 10.0 Å². The first kappa shape index (κ1) is 19.6. The van der Waals surface area contributed by atoms with Crippen molar-refractivity contribution in [2.75, 3.05) is 19.5 Å². The van der Waals surface area contributed by atoms with Crippen LogP contribution in [0.15, 0.2) is 47.5 Å². The van der Waals surface area contributed by atoms with Crippen molar-refractivity contribution in [3.8, 4) is 5.75 Å². The molecule has 0 radical (unpaired) electrons. The van der Waals surface area contributed by atoms with Gasteiger partial charge < -0.3 is 10.1 Å². The number of aromatic nitrogens is 1. The third-order valence-electron chi connectivity index (χ3n) is 4.01. The minimum atomic E-state index is -3.79. The summed E-state index contributed by atoms with van der Waals surface area (Å²) < 4.78 is 58.8. The number of fused-ring (bicyclic) bond motifs is 1. The van der Waals surface area contributed by atoms with Gasteiger partial charge in [0.25, 0.3) is 5.91 Å². The van der Waals surface area contributed by atoms with Crippen molar-refractivity contribution in [1.82, 2.24) is 9.71 Å². The predicted molar refractivity (Wildman–Crippen MR) is 98.9 cm³/mol. The molecule has 0 fully saturated rings. The summed E-state index contributed by atoms with van der Waals surface area (Å²) in [5.74, 6) is -2.29. The molecule has 0 aliphatic carbocycles. The molecule has 0 bridgehead atoms. The van der Waals surface area contributed by atoms with E-state index in [0.717, 1.165) is 12.1 Å². The number of carbonyl (C=O) groups is 1. The molecule has 1 aromatic heterocycles. The lowest BCUT2D eigenvalue weighted by atomic mass is 10.1. The average Bonchev–Trinajstić information content (AvgIpc) is 2.68. The van der Waals surface area contributed by atoms with Gasteiger partial charge in [0.05, 0.1) is 23.3 Å². The molecule has 0 saturated heterocycles. The summed E-state index contributed by atoms with van der Waals surface area (Å²) in [7, 11) is -1.23. The molecule has 0 aliphatic heterocycles. The quantitative estimate of drug-likeness (QED) is 0.678. The Morgan fingerprint density at radius 2 is 1.89 bits per heavy atom. The summed E-state index contributed by atoms with van der Waals surface area (Å²) in [5.41, 5.74) is -0.0735. The number of nitrogens with one attached hydrogen (secondary N) is 2. The molecule has 0 aliphatic rings. The Labute approximate surface area is 159 Å². The predicted octanol–water partition coefficient (Wildman–Crippen LogP) is 2.68. The highest BCUT2D eigenvalue weighted by molar-refractivity contribution is 7.89. The van der Waals surface area contributed by atoms with E-state index >= 15 is 0 Å². The van der Waals surface area contributed by atoms with E-state index in [-0.39, 0.29) is 32.8 Å². The first-order valence-electron chi connectivity index (χ1n) is 7.93. The Morgan fingerprint density at radius 1 is 1.14 bits per heavy atom. The van der Waals surface area contributed by atoms with Crippen molar-refractivity contribution in [2.24, 2.45) is 0 Å². The zero-order chi connectivity index (χ0) is 20.5. The Balaban J connectivity index is 2.07. The van der Waals surface area contributed by atoms with Gasteiger partial charge in [-0.3, -0.25) is 9.78 Å². The van der Waals surface area contributed by atoms with E-state index in [4.69, 9.17) is 4.74 Å². The van der Waals surface area contributed by atoms with Crippen LogP contribution in [0, 0.1) is 11.6 Å². The van der Waals surface area contributed by atoms with Crippen molar-refractivity contribution >= 4 is 32.5 Å². The summed E-state index contributed by atoms with van der Waals surface area (Å²) in [6, 6.07) is 6.87. The number of halogens is 2. The summed E-state index contributed by atoms with van der Waals surface area (Å²) >= 11 is 0. The number of hydrogen-bond donors (Lipinski definition) is 2. The number of ether oxygens (including phenoxy) is 1. The second-order valence-electron chi connectivity index (χ2n) is 5.67. The average molecular weight is 407 g/mol. The molecule has 0 spiro atoms. The Kier molecular flexibility index (Phi) is 5.25. The standard InChI is InChI=1S/C18H15F2N3O4S/c1-21-28(25,26)11-3-4-16(27-2)13(9-11)18(24)23-15-5-6-22-17-12(15)7-10(19)8-14(17)20/h3-9,21H,1-2H3,(H,22,23,24). The number of rotatable bonds is 5. The summed E-state index contributed by atoms with van der Waals surface area (Å²) in [4.78, 5) is 16.5. The van der Waals surface area contributed by atoms with E-state index in [2.05, 4.69) is 15.0 Å². The van der Waals surface area contributed by atoms with Gasteiger partial charge in [0.15, 0.2) is 5.82 Å². The van der Waals surface area contributed by atoms with Gasteiger partial charge in [-0.25, -0.2) is 21.9 Å². The number of amides is 1. The maximum atomic E-state index is 13.9. The number of benzene rings is 2. The fourth-order valence-corrected chi connectivity index (χ4v) is 3.38. The van der Waals surface area contributed by atoms with Crippen LogP contribution in [0.2, 0.25) is 0 Å². The second-order valence-corrected chi connectivity index (χ2v) is 7.55. The molecular weight excluding hydrogens is 392 g/mol. The highest BCUT2D eigenvalue weighted by Crippen LogP contribution is 2.27. The van der Waals surface area contributed by atoms with Crippen LogP contribution in [0.25, 0.3) is 10.9 Å². The largest absolute Gasteiger partial charge is 0.496 e. The SMILES string of the molecule is CNS(=O)(=O)c1ccc(OC)c(C(=O)Nc2ccnc3c(F)cc(F)cc23)c1. The molecule has 146 valence electrons. The molecule has 3 rings (SSSR count). The molecule has 28 heavy (non-hydrogen) atoms. The van der Waals surface area contributed by atoms with Crippen molar-refractivity contribution in [1.29, 1.82) is 0 Å². The lowest BCUT2D eigenvalue weighted by molar-refractivity contribution is 0.102. The first-order valence-corrected chi connectivity index (χ1v) is 9.42. The molecule has 10 heteroatoms. The maximum absolute atomic E-state index is 13.9. The normalized spacial score (nSPS) is 11.4. The van der Waals surface area contributed by atoms with Gasteiger partial charge in [-0.15, -0.1) is 0 Å². The zero-order valence-corrected chi connectivity index (χ0v) is 15.6. The molecule has 1 heterocycles. The van der Waals surface area contributed by atoms with E-state index in [1.54, 1.807) is 0 Å². The molecule has 0 unspecified atom stereocenters. The van der Waals surface area contributed by atoms with Gasteiger partial charge in [-0.2, -0.15) is 0 Å². The van der Waals surface area contributed by atoms with Crippen molar-refractivity contribution in [3.63, 3.8) is 0 Å². The lowest BCUT2D eigenvalue weighted by Gasteiger charge is -2.13. The van der Waals surface area contributed by atoms with E-state index < -0.39 is 27.6 Å². The van der Waals surface area contributed by atoms with Crippen LogP contribution in [0.3, 0.4) is 0 Å². The first-order chi connectivity index (χ1) is 13.3. The topological polar surface area (TPSA) is 97.4 Å². The summed E-state index contributed by atoms with van der Waals surface area (Å²) in [6.45, 7) is 0. The van der Waals surface area contributed by atoms with Gasteiger partial charge >= 0.3 is 0 Å². The summed E-state index contributed by atoms with van der Waals surface area (Å²) in [6.07, 6.45) is 1.26. The molecule has 2 N–H and O–H groups in total. The zero-order valence-electron chi connectivity index (χ0n) is 14.8. The number of pyridine rings is 1. The van der Waals surface area contributed by atoms with Crippen molar-refractivity contribution in [3.05, 3.63) is 59.8 Å². The maximum Gasteiger partial charge on any atom is 0.259 e. The molecule has 0 atom stereocenters. The van der Waals surface area contributed by atoms with Gasteiger partial charge in [-0.05, 0) is 37.4 Å². The second kappa shape index (κ2) is 7.49. The number of nitrogens with zero attached hydrogens (tertiary/aromatic N) is 1. The fraction of sp³-hybridized carbons (Fsp3) is 0.111. The third kappa shape index (κ3) is 3.64. The molecular formula is C18H15F2N3O4S. The molecule has 0 saturated carbocycles. The smallest absolute Gasteiger partial charge is 0.259 e. The molecule has 2 aromatic carbocycles. The molecule has 3 aromatic rings. The lowest BCUT2D eigenvalue weighted by Crippen LogP contribution is -2.20. The number of anilines is 1. The molecule has 7 nitrogen and oxygen atoms in total. The van der Waals surface area contributed by atoms with E-state index in [9.17, 15) is 22.0 Å². The van der Waals surface area contributed by atoms with Crippen LogP contribution >= 0.6 is 0 Å². The summed E-state index contributed by atoms with van der Waals surface area (Å²) in [5, 5.41) is 2.58. The van der Waals surface area contributed by atoms with Crippen LogP contribution in [-0.4, -0.2) is 33.5 Å². The fourth-order valence-electron chi connectivity index (χ4n) is 2.63. The monoisotopic (exact) mass is 407 g/mol. The van der Waals surface area contributed by atoms with Gasteiger partial charge in [0.1, 0.15) is 17.1 Å². The van der Waals surface area contributed by atoms with Gasteiger partial charge in [0, 0.05) is 17.6 Å². The minimum Gasteiger partial charge on any atom is -0.496 e. The minimum absolute atomic E-state index is 0.0614. The van der Waals surface area contributed by atoms with Crippen molar-refractivity contribution in [2.45, 2.75) is 4.90 Å². The van der Waals surface area contributed by atoms with Crippen LogP contribution in [0.5, 0.6) is 5.75 Å². The highest BCUT2D eigenvalue weighted by atomic mass is 32.2. The highest BCUT2D eigenvalue weighted by Gasteiger charge is 2.20. The van der Waals surface area contributed by atoms with Crippen LogP contribution in [0.4, 0.5) is 14.5 Å². The third-order valence-corrected chi connectivity index (χ3v) is 5.42. The Hall–Kier alpha value is -3.11. The van der Waals surface area contributed by atoms with Crippen LogP contribution < -0.4 is 14.8 Å². The molecule has 1 amide bonds. The number of methoxy groups -OCH3 is 1. The van der Waals surface area contributed by atoms with Gasteiger partial charge in [-0.1, -0.05) is 0 Å².